The Labute approximate surface area is 182 Å². The molecule has 0 saturated carbocycles. The van der Waals surface area contributed by atoms with Crippen LogP contribution in [0.1, 0.15) is 13.8 Å². The number of rotatable bonds is 8. The number of esters is 2. The third-order valence-electron chi connectivity index (χ3n) is 3.82. The lowest BCUT2D eigenvalue weighted by molar-refractivity contribution is -0.145. The van der Waals surface area contributed by atoms with E-state index in [1.165, 1.54) is 19.1 Å². The van der Waals surface area contributed by atoms with E-state index >= 15 is 0 Å². The van der Waals surface area contributed by atoms with Gasteiger partial charge < -0.3 is 20.1 Å². The molecular formula is C17H19Cl2N3O7S. The van der Waals surface area contributed by atoms with Crippen molar-refractivity contribution in [3.05, 3.63) is 39.5 Å². The van der Waals surface area contributed by atoms with Crippen LogP contribution in [0.4, 0.5) is 4.79 Å². The third kappa shape index (κ3) is 6.08. The summed E-state index contributed by atoms with van der Waals surface area (Å²) in [5.74, 6) is -1.61. The molecule has 1 aromatic rings. The van der Waals surface area contributed by atoms with Gasteiger partial charge in [-0.2, -0.15) is 4.72 Å². The highest BCUT2D eigenvalue weighted by Gasteiger charge is 2.27. The van der Waals surface area contributed by atoms with Crippen LogP contribution in [0.25, 0.3) is 0 Å². The number of hydrogen-bond donors (Lipinski definition) is 3. The number of halogens is 2. The number of urea groups is 1. The second kappa shape index (κ2) is 10.1. The van der Waals surface area contributed by atoms with Crippen LogP contribution in [-0.2, 0) is 29.1 Å². The molecular weight excluding hydrogens is 461 g/mol. The number of amides is 2. The smallest absolute Gasteiger partial charge is 0.337 e. The van der Waals surface area contributed by atoms with Crippen molar-refractivity contribution in [1.29, 1.82) is 0 Å². The predicted octanol–water partition coefficient (Wildman–Crippen LogP) is 1.33. The topological polar surface area (TPSA) is 140 Å². The van der Waals surface area contributed by atoms with E-state index in [1.54, 1.807) is 6.92 Å². The second-order valence-electron chi connectivity index (χ2n) is 6.01. The standard InChI is InChI=1S/C17H19Cl2N3O7S/c1-3-28-16(24)11-7-20-17(25)21-14(11)8-29-15(23)9(2)22-30(26,27)10-4-5-12(18)13(19)6-10/h4-6,9,22H,3,7-8H2,1-2H3,(H2,20,21,25)/t9-/m0/s1. The van der Waals surface area contributed by atoms with Crippen LogP contribution in [0.5, 0.6) is 0 Å². The molecule has 0 spiro atoms. The third-order valence-corrected chi connectivity index (χ3v) is 6.10. The lowest BCUT2D eigenvalue weighted by Crippen LogP contribution is -2.46. The summed E-state index contributed by atoms with van der Waals surface area (Å²) in [6.45, 7) is 2.46. The van der Waals surface area contributed by atoms with Crippen molar-refractivity contribution in [3.8, 4) is 0 Å². The fraction of sp³-hybridized carbons (Fsp3) is 0.353. The van der Waals surface area contributed by atoms with Crippen molar-refractivity contribution in [1.82, 2.24) is 15.4 Å². The van der Waals surface area contributed by atoms with Crippen LogP contribution in [-0.4, -0.2) is 52.2 Å². The maximum atomic E-state index is 12.4. The molecule has 1 aliphatic rings. The van der Waals surface area contributed by atoms with Crippen LogP contribution >= 0.6 is 23.2 Å². The number of hydrogen-bond acceptors (Lipinski definition) is 7. The highest BCUT2D eigenvalue weighted by molar-refractivity contribution is 7.89. The van der Waals surface area contributed by atoms with Gasteiger partial charge in [-0.1, -0.05) is 23.2 Å². The minimum absolute atomic E-state index is 0.0369. The van der Waals surface area contributed by atoms with E-state index in [9.17, 15) is 22.8 Å². The van der Waals surface area contributed by atoms with Gasteiger partial charge in [-0.3, -0.25) is 4.79 Å². The molecule has 2 rings (SSSR count). The summed E-state index contributed by atoms with van der Waals surface area (Å²) in [4.78, 5) is 35.5. The first kappa shape index (κ1) is 23.9. The molecule has 0 fully saturated rings. The fourth-order valence-corrected chi connectivity index (χ4v) is 3.91. The molecule has 10 nitrogen and oxygen atoms in total. The number of carbonyl (C=O) groups excluding carboxylic acids is 3. The SMILES string of the molecule is CCOC(=O)C1=C(COC(=O)[C@H](C)NS(=O)(=O)c2ccc(Cl)c(Cl)c2)NC(=O)NC1. The van der Waals surface area contributed by atoms with Crippen molar-refractivity contribution in [2.75, 3.05) is 19.8 Å². The van der Waals surface area contributed by atoms with E-state index in [4.69, 9.17) is 32.7 Å². The lowest BCUT2D eigenvalue weighted by atomic mass is 10.1. The Morgan fingerprint density at radius 2 is 1.93 bits per heavy atom. The Hall–Kier alpha value is -2.34. The molecule has 13 heteroatoms. The van der Waals surface area contributed by atoms with Gasteiger partial charge in [-0.15, -0.1) is 0 Å². The van der Waals surface area contributed by atoms with Crippen molar-refractivity contribution in [2.24, 2.45) is 0 Å². The minimum atomic E-state index is -4.09. The molecule has 3 N–H and O–H groups in total. The van der Waals surface area contributed by atoms with Crippen LogP contribution in [0, 0.1) is 0 Å². The molecule has 0 aromatic heterocycles. The first-order valence-electron chi connectivity index (χ1n) is 8.63. The van der Waals surface area contributed by atoms with Gasteiger partial charge in [0.05, 0.1) is 39.4 Å². The molecule has 0 bridgehead atoms. The number of carbonyl (C=O) groups is 3. The Balaban J connectivity index is 2.06. The molecule has 164 valence electrons. The highest BCUT2D eigenvalue weighted by Crippen LogP contribution is 2.24. The van der Waals surface area contributed by atoms with Gasteiger partial charge in [0.1, 0.15) is 12.6 Å². The van der Waals surface area contributed by atoms with Crippen LogP contribution in [0.15, 0.2) is 34.4 Å². The van der Waals surface area contributed by atoms with Gasteiger partial charge in [0.15, 0.2) is 0 Å². The maximum Gasteiger partial charge on any atom is 0.337 e. The first-order valence-corrected chi connectivity index (χ1v) is 10.9. The Morgan fingerprint density at radius 3 is 2.57 bits per heavy atom. The first-order chi connectivity index (χ1) is 14.0. The molecule has 0 aliphatic carbocycles. The monoisotopic (exact) mass is 479 g/mol. The zero-order valence-corrected chi connectivity index (χ0v) is 18.3. The molecule has 1 aromatic carbocycles. The molecule has 1 aliphatic heterocycles. The molecule has 0 unspecified atom stereocenters. The van der Waals surface area contributed by atoms with Crippen molar-refractivity contribution >= 4 is 51.2 Å². The fourth-order valence-electron chi connectivity index (χ4n) is 2.33. The molecule has 0 radical (unpaired) electrons. The van der Waals surface area contributed by atoms with E-state index < -0.39 is 40.6 Å². The van der Waals surface area contributed by atoms with E-state index in [0.717, 1.165) is 6.07 Å². The normalized spacial score (nSPS) is 15.1. The molecule has 1 atom stereocenters. The number of nitrogens with one attached hydrogen (secondary N) is 3. The summed E-state index contributed by atoms with van der Waals surface area (Å²) >= 11 is 11.6. The minimum Gasteiger partial charge on any atom is -0.463 e. The van der Waals surface area contributed by atoms with Gasteiger partial charge in [-0.25, -0.2) is 18.0 Å². The number of benzene rings is 1. The van der Waals surface area contributed by atoms with E-state index in [1.807, 2.05) is 0 Å². The highest BCUT2D eigenvalue weighted by atomic mass is 35.5. The van der Waals surface area contributed by atoms with Crippen molar-refractivity contribution < 1.29 is 32.3 Å². The lowest BCUT2D eigenvalue weighted by Gasteiger charge is -2.21. The zero-order chi connectivity index (χ0) is 22.5. The van der Waals surface area contributed by atoms with Gasteiger partial charge in [0.2, 0.25) is 10.0 Å². The van der Waals surface area contributed by atoms with Crippen LogP contribution in [0.3, 0.4) is 0 Å². The molecule has 1 heterocycles. The summed E-state index contributed by atoms with van der Waals surface area (Å²) in [5, 5.41) is 5.00. The Kier molecular flexibility index (Phi) is 8.07. The maximum absolute atomic E-state index is 12.4. The Morgan fingerprint density at radius 1 is 1.23 bits per heavy atom. The van der Waals surface area contributed by atoms with Gasteiger partial charge in [0, 0.05) is 0 Å². The molecule has 2 amide bonds. The zero-order valence-electron chi connectivity index (χ0n) is 16.0. The van der Waals surface area contributed by atoms with Crippen molar-refractivity contribution in [3.63, 3.8) is 0 Å². The van der Waals surface area contributed by atoms with Crippen molar-refractivity contribution in [2.45, 2.75) is 24.8 Å². The van der Waals surface area contributed by atoms with Gasteiger partial charge in [0.25, 0.3) is 0 Å². The summed E-state index contributed by atoms with van der Waals surface area (Å²) in [5.41, 5.74) is 0.137. The van der Waals surface area contributed by atoms with Gasteiger partial charge >= 0.3 is 18.0 Å². The average molecular weight is 480 g/mol. The summed E-state index contributed by atoms with van der Waals surface area (Å²) in [6, 6.07) is 1.84. The molecule has 0 saturated heterocycles. The predicted molar refractivity (Wildman–Crippen MR) is 107 cm³/mol. The second-order valence-corrected chi connectivity index (χ2v) is 8.54. The van der Waals surface area contributed by atoms with E-state index in [2.05, 4.69) is 15.4 Å². The summed E-state index contributed by atoms with van der Waals surface area (Å²) in [7, 11) is -4.09. The number of sulfonamides is 1. The van der Waals surface area contributed by atoms with Crippen LogP contribution in [0.2, 0.25) is 10.0 Å². The molecule has 30 heavy (non-hydrogen) atoms. The average Bonchev–Trinajstić information content (AvgIpc) is 2.67. The largest absolute Gasteiger partial charge is 0.463 e. The van der Waals surface area contributed by atoms with Crippen LogP contribution < -0.4 is 15.4 Å². The van der Waals surface area contributed by atoms with E-state index in [-0.39, 0.29) is 39.4 Å². The summed E-state index contributed by atoms with van der Waals surface area (Å²) < 4.78 is 36.9. The van der Waals surface area contributed by atoms with E-state index in [0.29, 0.717) is 0 Å². The Bertz CT molecular complexity index is 995. The van der Waals surface area contributed by atoms with Gasteiger partial charge in [-0.05, 0) is 32.0 Å². The quantitative estimate of drug-likeness (QED) is 0.477. The summed E-state index contributed by atoms with van der Waals surface area (Å²) in [6.07, 6.45) is 0. The number of ether oxygens (including phenoxy) is 2.